The summed E-state index contributed by atoms with van der Waals surface area (Å²) in [7, 11) is -3.30. The number of hydrogen-bond donors (Lipinski definition) is 2. The largest absolute Gasteiger partial charge is 0.486 e. The highest BCUT2D eigenvalue weighted by Gasteiger charge is 2.30. The summed E-state index contributed by atoms with van der Waals surface area (Å²) < 4.78 is 36.2. The molecule has 0 saturated carbocycles. The van der Waals surface area contributed by atoms with Crippen molar-refractivity contribution in [2.75, 3.05) is 45.1 Å². The summed E-state index contributed by atoms with van der Waals surface area (Å²) >= 11 is 0. The summed E-state index contributed by atoms with van der Waals surface area (Å²) in [4.78, 5) is 2.46. The molecule has 0 aromatic heterocycles. The molecule has 7 nitrogen and oxygen atoms in total. The van der Waals surface area contributed by atoms with Gasteiger partial charge in [-0.1, -0.05) is 13.3 Å². The van der Waals surface area contributed by atoms with E-state index in [0.717, 1.165) is 32.6 Å². The molecule has 0 spiro atoms. The van der Waals surface area contributed by atoms with Gasteiger partial charge in [0.2, 0.25) is 0 Å². The minimum atomic E-state index is -3.30. The molecule has 2 aliphatic rings. The van der Waals surface area contributed by atoms with Gasteiger partial charge in [0.05, 0.1) is 10.6 Å². The maximum absolute atomic E-state index is 12.3. The van der Waals surface area contributed by atoms with E-state index in [1.807, 2.05) is 6.92 Å². The summed E-state index contributed by atoms with van der Waals surface area (Å²) in [5.74, 6) is 1.04. The molecule has 1 aromatic rings. The number of aliphatic hydroxyl groups excluding tert-OH is 1. The van der Waals surface area contributed by atoms with Crippen molar-refractivity contribution >= 4 is 9.84 Å². The number of nitrogens with one attached hydrogen (secondary N) is 1. The molecule has 26 heavy (non-hydrogen) atoms. The SMILES string of the molecule is CCCCS(=O)(=O)c1ccc2c(c1)OCC(C(O)CN1CCNCC1)O2. The van der Waals surface area contributed by atoms with Gasteiger partial charge in [0.15, 0.2) is 27.4 Å². The quantitative estimate of drug-likeness (QED) is 0.714. The Hall–Kier alpha value is -1.35. The third-order valence-electron chi connectivity index (χ3n) is 4.81. The first-order chi connectivity index (χ1) is 12.5. The predicted octanol–water partition coefficient (Wildman–Crippen LogP) is 0.666. The maximum Gasteiger partial charge on any atom is 0.178 e. The van der Waals surface area contributed by atoms with Crippen LogP contribution < -0.4 is 14.8 Å². The minimum absolute atomic E-state index is 0.134. The van der Waals surface area contributed by atoms with Crippen LogP contribution in [0.5, 0.6) is 11.5 Å². The maximum atomic E-state index is 12.3. The van der Waals surface area contributed by atoms with E-state index in [1.54, 1.807) is 12.1 Å². The van der Waals surface area contributed by atoms with Crippen LogP contribution in [0, 0.1) is 0 Å². The van der Waals surface area contributed by atoms with Gasteiger partial charge in [0, 0.05) is 38.8 Å². The molecule has 2 aliphatic heterocycles. The Morgan fingerprint density at radius 2 is 2.08 bits per heavy atom. The molecule has 0 radical (unpaired) electrons. The van der Waals surface area contributed by atoms with Crippen molar-refractivity contribution in [3.8, 4) is 11.5 Å². The number of unbranched alkanes of at least 4 members (excludes halogenated alkanes) is 1. The molecule has 0 bridgehead atoms. The van der Waals surface area contributed by atoms with Gasteiger partial charge in [-0.25, -0.2) is 8.42 Å². The lowest BCUT2D eigenvalue weighted by Crippen LogP contribution is -2.51. The molecule has 2 atom stereocenters. The number of hydrogen-bond acceptors (Lipinski definition) is 7. The fraction of sp³-hybridized carbons (Fsp3) is 0.667. The van der Waals surface area contributed by atoms with Crippen LogP contribution in [0.3, 0.4) is 0 Å². The molecular weight excluding hydrogens is 356 g/mol. The monoisotopic (exact) mass is 384 g/mol. The average molecular weight is 384 g/mol. The topological polar surface area (TPSA) is 88.1 Å². The molecule has 3 rings (SSSR count). The number of aliphatic hydroxyl groups is 1. The Morgan fingerprint density at radius 1 is 1.31 bits per heavy atom. The second-order valence-electron chi connectivity index (χ2n) is 6.87. The van der Waals surface area contributed by atoms with Crippen molar-refractivity contribution in [2.45, 2.75) is 36.9 Å². The Balaban J connectivity index is 1.63. The lowest BCUT2D eigenvalue weighted by Gasteiger charge is -2.34. The molecule has 146 valence electrons. The number of fused-ring (bicyclic) bond motifs is 1. The van der Waals surface area contributed by atoms with Crippen molar-refractivity contribution in [1.29, 1.82) is 0 Å². The zero-order valence-electron chi connectivity index (χ0n) is 15.2. The van der Waals surface area contributed by atoms with Gasteiger partial charge >= 0.3 is 0 Å². The Kier molecular flexibility index (Phi) is 6.39. The van der Waals surface area contributed by atoms with Crippen LogP contribution in [-0.2, 0) is 9.84 Å². The second kappa shape index (κ2) is 8.56. The number of ether oxygens (including phenoxy) is 2. The summed E-state index contributed by atoms with van der Waals surface area (Å²) in [6.45, 7) is 6.36. The van der Waals surface area contributed by atoms with E-state index >= 15 is 0 Å². The first-order valence-corrected chi connectivity index (χ1v) is 10.9. The van der Waals surface area contributed by atoms with Crippen LogP contribution >= 0.6 is 0 Å². The van der Waals surface area contributed by atoms with E-state index in [4.69, 9.17) is 9.47 Å². The molecule has 2 unspecified atom stereocenters. The van der Waals surface area contributed by atoms with Gasteiger partial charge in [-0.05, 0) is 18.6 Å². The summed E-state index contributed by atoms with van der Waals surface area (Å²) in [6, 6.07) is 4.70. The molecule has 0 amide bonds. The number of sulfone groups is 1. The van der Waals surface area contributed by atoms with Gasteiger partial charge < -0.3 is 19.9 Å². The van der Waals surface area contributed by atoms with E-state index in [2.05, 4.69) is 10.2 Å². The normalized spacial score (nSPS) is 22.2. The molecule has 2 heterocycles. The average Bonchev–Trinajstić information content (AvgIpc) is 2.66. The Morgan fingerprint density at radius 3 is 2.81 bits per heavy atom. The van der Waals surface area contributed by atoms with Crippen LogP contribution in [0.1, 0.15) is 19.8 Å². The standard InChI is InChI=1S/C18H28N2O5S/c1-2-3-10-26(22,23)14-4-5-16-17(11-14)24-13-18(25-16)15(21)12-20-8-6-19-7-9-20/h4-5,11,15,18-19,21H,2-3,6-10,12-13H2,1H3. The van der Waals surface area contributed by atoms with Crippen molar-refractivity contribution in [3.63, 3.8) is 0 Å². The third kappa shape index (κ3) is 4.68. The number of benzene rings is 1. The highest BCUT2D eigenvalue weighted by Crippen LogP contribution is 2.35. The number of rotatable bonds is 7. The van der Waals surface area contributed by atoms with Crippen LogP contribution in [0.2, 0.25) is 0 Å². The fourth-order valence-electron chi connectivity index (χ4n) is 3.18. The Labute approximate surface area is 155 Å². The van der Waals surface area contributed by atoms with Gasteiger partial charge in [0.25, 0.3) is 0 Å². The molecule has 1 aromatic carbocycles. The van der Waals surface area contributed by atoms with E-state index < -0.39 is 22.0 Å². The summed E-state index contributed by atoms with van der Waals surface area (Å²) in [6.07, 6.45) is 0.349. The van der Waals surface area contributed by atoms with Gasteiger partial charge in [-0.3, -0.25) is 4.90 Å². The van der Waals surface area contributed by atoms with Gasteiger partial charge in [-0.2, -0.15) is 0 Å². The third-order valence-corrected chi connectivity index (χ3v) is 6.60. The van der Waals surface area contributed by atoms with Gasteiger partial charge in [-0.15, -0.1) is 0 Å². The molecule has 1 fully saturated rings. The van der Waals surface area contributed by atoms with Gasteiger partial charge in [0.1, 0.15) is 12.7 Å². The van der Waals surface area contributed by atoms with Crippen LogP contribution in [0.4, 0.5) is 0 Å². The second-order valence-corrected chi connectivity index (χ2v) is 8.98. The van der Waals surface area contributed by atoms with E-state index in [1.165, 1.54) is 6.07 Å². The molecule has 8 heteroatoms. The molecule has 0 aliphatic carbocycles. The Bertz CT molecular complexity index is 704. The summed E-state index contributed by atoms with van der Waals surface area (Å²) in [5.41, 5.74) is 0. The smallest absolute Gasteiger partial charge is 0.178 e. The number of piperazine rings is 1. The predicted molar refractivity (Wildman–Crippen MR) is 98.6 cm³/mol. The number of β-amino-alcohol motifs (C(OH)–C–C–N with tert-alkyl or cyclic N) is 1. The lowest BCUT2D eigenvalue weighted by molar-refractivity contribution is -0.0267. The first-order valence-electron chi connectivity index (χ1n) is 9.27. The van der Waals surface area contributed by atoms with Crippen molar-refractivity contribution in [3.05, 3.63) is 18.2 Å². The minimum Gasteiger partial charge on any atom is -0.486 e. The highest BCUT2D eigenvalue weighted by atomic mass is 32.2. The van der Waals surface area contributed by atoms with E-state index in [-0.39, 0.29) is 17.3 Å². The van der Waals surface area contributed by atoms with Crippen LogP contribution in [-0.4, -0.2) is 75.7 Å². The highest BCUT2D eigenvalue weighted by molar-refractivity contribution is 7.91. The van der Waals surface area contributed by atoms with Crippen LogP contribution in [0.15, 0.2) is 23.1 Å². The number of nitrogens with zero attached hydrogens (tertiary/aromatic N) is 1. The van der Waals surface area contributed by atoms with E-state index in [0.29, 0.717) is 24.5 Å². The van der Waals surface area contributed by atoms with E-state index in [9.17, 15) is 13.5 Å². The molecule has 1 saturated heterocycles. The summed E-state index contributed by atoms with van der Waals surface area (Å²) in [5, 5.41) is 13.8. The first kappa shape index (κ1) is 19.4. The molecular formula is C18H28N2O5S. The molecule has 2 N–H and O–H groups in total. The van der Waals surface area contributed by atoms with Crippen molar-refractivity contribution < 1.29 is 23.0 Å². The zero-order valence-corrected chi connectivity index (χ0v) is 16.0. The van der Waals surface area contributed by atoms with Crippen molar-refractivity contribution in [1.82, 2.24) is 10.2 Å². The van der Waals surface area contributed by atoms with Crippen LogP contribution in [0.25, 0.3) is 0 Å². The zero-order chi connectivity index (χ0) is 18.6. The lowest BCUT2D eigenvalue weighted by atomic mass is 10.1. The fourth-order valence-corrected chi connectivity index (χ4v) is 4.65. The van der Waals surface area contributed by atoms with Crippen molar-refractivity contribution in [2.24, 2.45) is 0 Å².